The minimum absolute atomic E-state index is 0.204. The first-order valence-electron chi connectivity index (χ1n) is 6.09. The van der Waals surface area contributed by atoms with Gasteiger partial charge in [-0.3, -0.25) is 0 Å². The second-order valence-electron chi connectivity index (χ2n) is 4.78. The molecule has 1 aliphatic rings. The molecule has 0 unspecified atom stereocenters. The van der Waals surface area contributed by atoms with Crippen LogP contribution in [0, 0.1) is 0 Å². The minimum atomic E-state index is -0.699. The maximum Gasteiger partial charge on any atom is 0.315 e. The number of urea groups is 1. The second kappa shape index (κ2) is 5.27. The standard InChI is InChI=1S/C13H18N2O3/c16-11-4-2-10(3-5-11)8-14-12(17)15-9-13(18)6-1-7-13/h2-5,16,18H,1,6-9H2,(H2,14,15,17). The maximum absolute atomic E-state index is 11.5. The van der Waals surface area contributed by atoms with Crippen molar-refractivity contribution in [1.82, 2.24) is 10.6 Å². The van der Waals surface area contributed by atoms with Crippen LogP contribution >= 0.6 is 0 Å². The quantitative estimate of drug-likeness (QED) is 0.646. The van der Waals surface area contributed by atoms with Gasteiger partial charge in [0.15, 0.2) is 0 Å². The van der Waals surface area contributed by atoms with Crippen LogP contribution in [0.4, 0.5) is 4.79 Å². The first kappa shape index (κ1) is 12.7. The smallest absolute Gasteiger partial charge is 0.315 e. The van der Waals surface area contributed by atoms with Gasteiger partial charge in [0.1, 0.15) is 5.75 Å². The Balaban J connectivity index is 1.69. The molecular weight excluding hydrogens is 232 g/mol. The summed E-state index contributed by atoms with van der Waals surface area (Å²) in [6, 6.07) is 6.35. The lowest BCUT2D eigenvalue weighted by Gasteiger charge is -2.36. The Labute approximate surface area is 106 Å². The number of rotatable bonds is 4. The average molecular weight is 250 g/mol. The van der Waals surface area contributed by atoms with Crippen molar-refractivity contribution in [2.75, 3.05) is 6.54 Å². The number of amides is 2. The fourth-order valence-electron chi connectivity index (χ4n) is 1.87. The highest BCUT2D eigenvalue weighted by Gasteiger charge is 2.34. The van der Waals surface area contributed by atoms with Crippen molar-refractivity contribution in [1.29, 1.82) is 0 Å². The van der Waals surface area contributed by atoms with Crippen LogP contribution < -0.4 is 10.6 Å². The molecule has 0 atom stereocenters. The van der Waals surface area contributed by atoms with Crippen molar-refractivity contribution in [2.24, 2.45) is 0 Å². The SMILES string of the molecule is O=C(NCc1ccc(O)cc1)NCC1(O)CCC1. The van der Waals surface area contributed by atoms with Gasteiger partial charge in [-0.15, -0.1) is 0 Å². The molecule has 0 bridgehead atoms. The number of aliphatic hydroxyl groups is 1. The summed E-state index contributed by atoms with van der Waals surface area (Å²) in [5.41, 5.74) is 0.209. The van der Waals surface area contributed by atoms with E-state index in [-0.39, 0.29) is 11.8 Å². The van der Waals surface area contributed by atoms with Crippen LogP contribution in [0.3, 0.4) is 0 Å². The number of benzene rings is 1. The molecule has 1 aromatic rings. The number of hydrogen-bond acceptors (Lipinski definition) is 3. The van der Waals surface area contributed by atoms with Crippen molar-refractivity contribution in [3.63, 3.8) is 0 Å². The molecule has 0 aromatic heterocycles. The van der Waals surface area contributed by atoms with Crippen molar-refractivity contribution < 1.29 is 15.0 Å². The number of carbonyl (C=O) groups excluding carboxylic acids is 1. The molecule has 0 aliphatic heterocycles. The van der Waals surface area contributed by atoms with Gasteiger partial charge in [-0.25, -0.2) is 4.79 Å². The summed E-state index contributed by atoms with van der Waals surface area (Å²) in [4.78, 5) is 11.5. The van der Waals surface area contributed by atoms with Crippen LogP contribution in [-0.4, -0.2) is 28.4 Å². The topological polar surface area (TPSA) is 81.6 Å². The number of carbonyl (C=O) groups is 1. The Hall–Kier alpha value is -1.75. The van der Waals surface area contributed by atoms with Crippen LogP contribution in [0.15, 0.2) is 24.3 Å². The van der Waals surface area contributed by atoms with Crippen LogP contribution in [0.5, 0.6) is 5.75 Å². The predicted octanol–water partition coefficient (Wildman–Crippen LogP) is 1.11. The molecule has 18 heavy (non-hydrogen) atoms. The third kappa shape index (κ3) is 3.37. The largest absolute Gasteiger partial charge is 0.508 e. The van der Waals surface area contributed by atoms with Gasteiger partial charge in [0.05, 0.1) is 5.60 Å². The van der Waals surface area contributed by atoms with Crippen molar-refractivity contribution >= 4 is 6.03 Å². The zero-order chi connectivity index (χ0) is 13.0. The Morgan fingerprint density at radius 2 is 1.89 bits per heavy atom. The number of aromatic hydroxyl groups is 1. The summed E-state index contributed by atoms with van der Waals surface area (Å²) < 4.78 is 0. The van der Waals surface area contributed by atoms with Gasteiger partial charge in [-0.1, -0.05) is 12.1 Å². The van der Waals surface area contributed by atoms with Crippen LogP contribution in [0.25, 0.3) is 0 Å². The molecule has 5 heteroatoms. The molecule has 0 saturated heterocycles. The minimum Gasteiger partial charge on any atom is -0.508 e. The highest BCUT2D eigenvalue weighted by atomic mass is 16.3. The molecule has 1 aromatic carbocycles. The molecule has 98 valence electrons. The van der Waals surface area contributed by atoms with Gasteiger partial charge in [0.25, 0.3) is 0 Å². The Morgan fingerprint density at radius 3 is 2.44 bits per heavy atom. The van der Waals surface area contributed by atoms with Crippen LogP contribution in [0.1, 0.15) is 24.8 Å². The highest BCUT2D eigenvalue weighted by Crippen LogP contribution is 2.30. The molecule has 1 saturated carbocycles. The van der Waals surface area contributed by atoms with Gasteiger partial charge in [0.2, 0.25) is 0 Å². The highest BCUT2D eigenvalue weighted by molar-refractivity contribution is 5.73. The molecular formula is C13H18N2O3. The molecule has 1 aliphatic carbocycles. The van der Waals surface area contributed by atoms with E-state index in [0.717, 1.165) is 24.8 Å². The predicted molar refractivity (Wildman–Crippen MR) is 67.1 cm³/mol. The van der Waals surface area contributed by atoms with E-state index in [0.29, 0.717) is 13.1 Å². The van der Waals surface area contributed by atoms with E-state index in [4.69, 9.17) is 5.11 Å². The van der Waals surface area contributed by atoms with Crippen molar-refractivity contribution in [2.45, 2.75) is 31.4 Å². The zero-order valence-corrected chi connectivity index (χ0v) is 10.1. The number of nitrogens with one attached hydrogen (secondary N) is 2. The summed E-state index contributed by atoms with van der Waals surface area (Å²) >= 11 is 0. The lowest BCUT2D eigenvalue weighted by molar-refractivity contribution is -0.0290. The fourth-order valence-corrected chi connectivity index (χ4v) is 1.87. The molecule has 4 N–H and O–H groups in total. The Morgan fingerprint density at radius 1 is 1.22 bits per heavy atom. The third-order valence-corrected chi connectivity index (χ3v) is 3.25. The van der Waals surface area contributed by atoms with Crippen molar-refractivity contribution in [3.8, 4) is 5.75 Å². The zero-order valence-electron chi connectivity index (χ0n) is 10.1. The summed E-state index contributed by atoms with van der Waals surface area (Å²) in [7, 11) is 0. The van der Waals surface area contributed by atoms with E-state index in [1.54, 1.807) is 24.3 Å². The summed E-state index contributed by atoms with van der Waals surface area (Å²) in [6.45, 7) is 0.693. The summed E-state index contributed by atoms with van der Waals surface area (Å²) in [5, 5.41) is 24.3. The maximum atomic E-state index is 11.5. The lowest BCUT2D eigenvalue weighted by atomic mass is 9.80. The van der Waals surface area contributed by atoms with Gasteiger partial charge in [0, 0.05) is 13.1 Å². The summed E-state index contributed by atoms with van der Waals surface area (Å²) in [6.07, 6.45) is 2.53. The van der Waals surface area contributed by atoms with Gasteiger partial charge >= 0.3 is 6.03 Å². The van der Waals surface area contributed by atoms with E-state index >= 15 is 0 Å². The van der Waals surface area contributed by atoms with E-state index < -0.39 is 5.60 Å². The molecule has 2 rings (SSSR count). The van der Waals surface area contributed by atoms with Gasteiger partial charge < -0.3 is 20.8 Å². The lowest BCUT2D eigenvalue weighted by Crippen LogP contribution is -2.49. The first-order valence-corrected chi connectivity index (χ1v) is 6.09. The summed E-state index contributed by atoms with van der Waals surface area (Å²) in [5.74, 6) is 0.204. The molecule has 0 spiro atoms. The second-order valence-corrected chi connectivity index (χ2v) is 4.78. The van der Waals surface area contributed by atoms with Gasteiger partial charge in [-0.05, 0) is 37.0 Å². The van der Waals surface area contributed by atoms with E-state index in [1.807, 2.05) is 0 Å². The number of phenols is 1. The molecule has 5 nitrogen and oxygen atoms in total. The monoisotopic (exact) mass is 250 g/mol. The fraction of sp³-hybridized carbons (Fsp3) is 0.462. The van der Waals surface area contributed by atoms with E-state index in [1.165, 1.54) is 0 Å². The van der Waals surface area contributed by atoms with E-state index in [2.05, 4.69) is 10.6 Å². The molecule has 0 radical (unpaired) electrons. The average Bonchev–Trinajstić information content (AvgIpc) is 2.33. The first-order chi connectivity index (χ1) is 8.57. The molecule has 0 heterocycles. The van der Waals surface area contributed by atoms with E-state index in [9.17, 15) is 9.90 Å². The van der Waals surface area contributed by atoms with Crippen LogP contribution in [0.2, 0.25) is 0 Å². The normalized spacial score (nSPS) is 16.7. The van der Waals surface area contributed by atoms with Crippen LogP contribution in [-0.2, 0) is 6.54 Å². The Kier molecular flexibility index (Phi) is 3.72. The third-order valence-electron chi connectivity index (χ3n) is 3.25. The number of hydrogen-bond donors (Lipinski definition) is 4. The Bertz CT molecular complexity index is 413. The van der Waals surface area contributed by atoms with Gasteiger partial charge in [-0.2, -0.15) is 0 Å². The molecule has 2 amide bonds. The molecule has 1 fully saturated rings. The van der Waals surface area contributed by atoms with Crippen molar-refractivity contribution in [3.05, 3.63) is 29.8 Å². The number of phenolic OH excluding ortho intramolecular Hbond substituents is 1.